The molecule has 3 aliphatic rings. The van der Waals surface area contributed by atoms with Crippen LogP contribution in [0.25, 0.3) is 0 Å². The van der Waals surface area contributed by atoms with Gasteiger partial charge in [0.1, 0.15) is 5.60 Å². The van der Waals surface area contributed by atoms with Crippen molar-refractivity contribution >= 4 is 5.97 Å². The first-order chi connectivity index (χ1) is 7.85. The van der Waals surface area contributed by atoms with Gasteiger partial charge in [0, 0.05) is 18.5 Å². The number of carbonyl (C=O) groups excluding carboxylic acids is 1. The summed E-state index contributed by atoms with van der Waals surface area (Å²) in [7, 11) is 0. The van der Waals surface area contributed by atoms with Crippen LogP contribution in [0.3, 0.4) is 0 Å². The van der Waals surface area contributed by atoms with Gasteiger partial charge in [-0.3, -0.25) is 4.79 Å². The van der Waals surface area contributed by atoms with Gasteiger partial charge in [-0.2, -0.15) is 0 Å². The third kappa shape index (κ3) is 3.21. The summed E-state index contributed by atoms with van der Waals surface area (Å²) in [6, 6.07) is 1.24. The number of ether oxygens (including phenoxy) is 1. The minimum atomic E-state index is -0.356. The third-order valence-electron chi connectivity index (χ3n) is 4.08. The average Bonchev–Trinajstić information content (AvgIpc) is 2.11. The second kappa shape index (κ2) is 4.60. The van der Waals surface area contributed by atoms with Crippen LogP contribution >= 0.6 is 0 Å². The van der Waals surface area contributed by atoms with Crippen LogP contribution in [-0.2, 0) is 9.53 Å². The van der Waals surface area contributed by atoms with Crippen molar-refractivity contribution in [3.63, 3.8) is 0 Å². The highest BCUT2D eigenvalue weighted by Crippen LogP contribution is 2.41. The molecule has 0 amide bonds. The predicted octanol–water partition coefficient (Wildman–Crippen LogP) is 2.49. The van der Waals surface area contributed by atoms with E-state index in [1.807, 2.05) is 20.8 Å². The van der Waals surface area contributed by atoms with Crippen molar-refractivity contribution in [2.45, 2.75) is 71.1 Å². The van der Waals surface area contributed by atoms with Gasteiger partial charge < -0.3 is 10.1 Å². The van der Waals surface area contributed by atoms with Gasteiger partial charge in [-0.05, 0) is 51.9 Å². The number of hydrogen-bond donors (Lipinski definition) is 1. The van der Waals surface area contributed by atoms with E-state index in [2.05, 4.69) is 12.2 Å². The SMILES string of the molecule is C[C@@H]1C2CC(C2)N[C@@H]1CCC(=O)OC(C)(C)C. The lowest BCUT2D eigenvalue weighted by Crippen LogP contribution is -2.58. The maximum Gasteiger partial charge on any atom is 0.306 e. The van der Waals surface area contributed by atoms with Crippen LogP contribution in [0.15, 0.2) is 0 Å². The largest absolute Gasteiger partial charge is 0.460 e. The number of fused-ring (bicyclic) bond motifs is 2. The second-order valence-electron chi connectivity index (χ2n) is 6.69. The topological polar surface area (TPSA) is 38.3 Å². The van der Waals surface area contributed by atoms with Crippen molar-refractivity contribution in [2.75, 3.05) is 0 Å². The van der Waals surface area contributed by atoms with Gasteiger partial charge in [-0.15, -0.1) is 0 Å². The summed E-state index contributed by atoms with van der Waals surface area (Å²) in [5.74, 6) is 1.54. The van der Waals surface area contributed by atoms with Crippen LogP contribution in [0.4, 0.5) is 0 Å². The smallest absolute Gasteiger partial charge is 0.306 e. The standard InChI is InChI=1S/C14H25NO2/c1-9-10-7-11(8-10)15-12(9)5-6-13(16)17-14(2,3)4/h9-12,15H,5-8H2,1-4H3/t9-,10?,11?,12-/m1/s1. The van der Waals surface area contributed by atoms with Crippen molar-refractivity contribution in [3.05, 3.63) is 0 Å². The summed E-state index contributed by atoms with van der Waals surface area (Å²) in [5.41, 5.74) is -0.356. The molecule has 1 N–H and O–H groups in total. The third-order valence-corrected chi connectivity index (χ3v) is 4.08. The summed E-state index contributed by atoms with van der Waals surface area (Å²) in [6.45, 7) is 8.07. The molecule has 2 aliphatic heterocycles. The van der Waals surface area contributed by atoms with Crippen LogP contribution < -0.4 is 5.32 Å². The number of carbonyl (C=O) groups is 1. The van der Waals surface area contributed by atoms with Crippen molar-refractivity contribution in [1.82, 2.24) is 5.32 Å². The Hall–Kier alpha value is -0.570. The Bertz CT molecular complexity index is 289. The van der Waals surface area contributed by atoms with Crippen LogP contribution in [0, 0.1) is 11.8 Å². The van der Waals surface area contributed by atoms with Gasteiger partial charge in [0.25, 0.3) is 0 Å². The Kier molecular flexibility index (Phi) is 3.48. The Morgan fingerprint density at radius 1 is 1.35 bits per heavy atom. The molecular weight excluding hydrogens is 214 g/mol. The first-order valence-corrected chi connectivity index (χ1v) is 6.83. The summed E-state index contributed by atoms with van der Waals surface area (Å²) in [6.07, 6.45) is 4.13. The van der Waals surface area contributed by atoms with Crippen molar-refractivity contribution in [2.24, 2.45) is 11.8 Å². The molecule has 3 rings (SSSR count). The molecule has 3 heteroatoms. The molecular formula is C14H25NO2. The molecule has 0 spiro atoms. The van der Waals surface area contributed by atoms with Gasteiger partial charge in [-0.1, -0.05) is 6.92 Å². The van der Waals surface area contributed by atoms with E-state index >= 15 is 0 Å². The molecule has 2 atom stereocenters. The molecule has 0 aromatic rings. The zero-order valence-electron chi connectivity index (χ0n) is 11.5. The van der Waals surface area contributed by atoms with E-state index in [-0.39, 0.29) is 11.6 Å². The fourth-order valence-corrected chi connectivity index (χ4v) is 3.02. The van der Waals surface area contributed by atoms with Gasteiger partial charge >= 0.3 is 5.97 Å². The van der Waals surface area contributed by atoms with Gasteiger partial charge in [0.05, 0.1) is 0 Å². The Labute approximate surface area is 104 Å². The summed E-state index contributed by atoms with van der Waals surface area (Å²) >= 11 is 0. The first kappa shape index (κ1) is 12.9. The van der Waals surface area contributed by atoms with E-state index in [1.54, 1.807) is 0 Å². The highest BCUT2D eigenvalue weighted by Gasteiger charge is 2.42. The summed E-state index contributed by atoms with van der Waals surface area (Å²) < 4.78 is 5.34. The van der Waals surface area contributed by atoms with E-state index in [4.69, 9.17) is 4.74 Å². The Balaban J connectivity index is 1.73. The second-order valence-corrected chi connectivity index (χ2v) is 6.69. The van der Waals surface area contributed by atoms with E-state index in [0.29, 0.717) is 18.4 Å². The fourth-order valence-electron chi connectivity index (χ4n) is 3.02. The lowest BCUT2D eigenvalue weighted by atomic mass is 9.65. The summed E-state index contributed by atoms with van der Waals surface area (Å²) in [5, 5.41) is 3.64. The predicted molar refractivity (Wildman–Crippen MR) is 67.7 cm³/mol. The molecule has 1 saturated carbocycles. The number of nitrogens with one attached hydrogen (secondary N) is 1. The van der Waals surface area contributed by atoms with Crippen molar-refractivity contribution in [3.8, 4) is 0 Å². The lowest BCUT2D eigenvalue weighted by molar-refractivity contribution is -0.155. The molecule has 2 heterocycles. The van der Waals surface area contributed by atoms with Gasteiger partial charge in [0.15, 0.2) is 0 Å². The molecule has 3 fully saturated rings. The van der Waals surface area contributed by atoms with E-state index in [9.17, 15) is 4.79 Å². The molecule has 2 bridgehead atoms. The minimum absolute atomic E-state index is 0.0641. The molecule has 17 heavy (non-hydrogen) atoms. The highest BCUT2D eigenvalue weighted by atomic mass is 16.6. The van der Waals surface area contributed by atoms with Crippen LogP contribution in [0.5, 0.6) is 0 Å². The lowest BCUT2D eigenvalue weighted by Gasteiger charge is -2.51. The minimum Gasteiger partial charge on any atom is -0.460 e. The van der Waals surface area contributed by atoms with E-state index in [0.717, 1.165) is 18.4 Å². The average molecular weight is 239 g/mol. The number of rotatable bonds is 3. The molecule has 0 unspecified atom stereocenters. The Morgan fingerprint density at radius 3 is 2.53 bits per heavy atom. The zero-order valence-corrected chi connectivity index (χ0v) is 11.5. The van der Waals surface area contributed by atoms with Crippen LogP contribution in [-0.4, -0.2) is 23.7 Å². The van der Waals surface area contributed by atoms with Crippen LogP contribution in [0.2, 0.25) is 0 Å². The Morgan fingerprint density at radius 2 is 2.00 bits per heavy atom. The van der Waals surface area contributed by atoms with E-state index in [1.165, 1.54) is 12.8 Å². The first-order valence-electron chi connectivity index (χ1n) is 6.83. The molecule has 1 aliphatic carbocycles. The van der Waals surface area contributed by atoms with Gasteiger partial charge in [0.2, 0.25) is 0 Å². The molecule has 0 aromatic carbocycles. The summed E-state index contributed by atoms with van der Waals surface area (Å²) in [4.78, 5) is 11.7. The molecule has 98 valence electrons. The fraction of sp³-hybridized carbons (Fsp3) is 0.929. The van der Waals surface area contributed by atoms with E-state index < -0.39 is 0 Å². The normalized spacial score (nSPS) is 36.2. The molecule has 0 aromatic heterocycles. The van der Waals surface area contributed by atoms with Gasteiger partial charge in [-0.25, -0.2) is 0 Å². The molecule has 3 nitrogen and oxygen atoms in total. The maximum atomic E-state index is 11.7. The number of esters is 1. The monoisotopic (exact) mass is 239 g/mol. The molecule has 0 radical (unpaired) electrons. The number of piperidine rings is 2. The van der Waals surface area contributed by atoms with Crippen molar-refractivity contribution in [1.29, 1.82) is 0 Å². The number of hydrogen-bond acceptors (Lipinski definition) is 3. The zero-order chi connectivity index (χ0) is 12.6. The maximum absolute atomic E-state index is 11.7. The van der Waals surface area contributed by atoms with Crippen molar-refractivity contribution < 1.29 is 9.53 Å². The quantitative estimate of drug-likeness (QED) is 0.769. The highest BCUT2D eigenvalue weighted by molar-refractivity contribution is 5.69. The van der Waals surface area contributed by atoms with Crippen LogP contribution in [0.1, 0.15) is 53.4 Å². The molecule has 2 saturated heterocycles.